The van der Waals surface area contributed by atoms with Crippen LogP contribution in [0.15, 0.2) is 35.2 Å². The second-order valence-electron chi connectivity index (χ2n) is 8.63. The topological polar surface area (TPSA) is 126 Å². The van der Waals surface area contributed by atoms with E-state index in [0.29, 0.717) is 11.3 Å². The Labute approximate surface area is 192 Å². The first-order valence-electron chi connectivity index (χ1n) is 10.9. The first-order chi connectivity index (χ1) is 15.6. The van der Waals surface area contributed by atoms with Gasteiger partial charge < -0.3 is 24.7 Å². The van der Waals surface area contributed by atoms with Crippen molar-refractivity contribution in [2.45, 2.75) is 50.8 Å². The lowest BCUT2D eigenvalue weighted by molar-refractivity contribution is 0.143. The monoisotopic (exact) mass is 473 g/mol. The van der Waals surface area contributed by atoms with E-state index in [1.165, 1.54) is 18.2 Å². The quantitative estimate of drug-likeness (QED) is 0.392. The van der Waals surface area contributed by atoms with Gasteiger partial charge in [0.25, 0.3) is 0 Å². The van der Waals surface area contributed by atoms with Gasteiger partial charge in [-0.15, -0.1) is 0 Å². The number of aromatic hydroxyl groups is 1. The highest BCUT2D eigenvalue weighted by molar-refractivity contribution is 7.91. The molecule has 8 nitrogen and oxygen atoms in total. The number of rotatable bonds is 6. The number of H-pyrrole nitrogens is 1. The maximum atomic E-state index is 13.0. The fourth-order valence-electron chi connectivity index (χ4n) is 4.55. The predicted molar refractivity (Wildman–Crippen MR) is 123 cm³/mol. The highest BCUT2D eigenvalue weighted by Gasteiger charge is 2.26. The fraction of sp³-hybridized carbons (Fsp3) is 0.375. The predicted octanol–water partition coefficient (Wildman–Crippen LogP) is 5.69. The van der Waals surface area contributed by atoms with Crippen molar-refractivity contribution >= 4 is 26.9 Å². The van der Waals surface area contributed by atoms with E-state index in [-0.39, 0.29) is 33.9 Å². The molecule has 1 heterocycles. The molecule has 0 spiro atoms. The molecule has 0 unspecified atom stereocenters. The van der Waals surface area contributed by atoms with Gasteiger partial charge in [0.05, 0.1) is 5.75 Å². The molecule has 3 N–H and O–H groups in total. The van der Waals surface area contributed by atoms with E-state index in [9.17, 15) is 18.3 Å². The van der Waals surface area contributed by atoms with E-state index in [1.807, 2.05) is 13.8 Å². The molecular weight excluding hydrogens is 446 g/mol. The largest absolute Gasteiger partial charge is 0.512 e. The van der Waals surface area contributed by atoms with Gasteiger partial charge >= 0.3 is 6.16 Å². The molecule has 3 aromatic rings. The van der Waals surface area contributed by atoms with Gasteiger partial charge in [0, 0.05) is 28.6 Å². The number of carbonyl (C=O) groups is 1. The van der Waals surface area contributed by atoms with Crippen molar-refractivity contribution in [3.63, 3.8) is 0 Å². The maximum Gasteiger partial charge on any atom is 0.512 e. The third-order valence-electron chi connectivity index (χ3n) is 6.15. The molecule has 0 amide bonds. The Morgan fingerprint density at radius 1 is 1.12 bits per heavy atom. The minimum absolute atomic E-state index is 0.0176. The minimum Gasteiger partial charge on any atom is -0.507 e. The summed E-state index contributed by atoms with van der Waals surface area (Å²) in [5, 5.41) is 19.9. The summed E-state index contributed by atoms with van der Waals surface area (Å²) in [5.41, 5.74) is 2.19. The van der Waals surface area contributed by atoms with Crippen LogP contribution in [0.3, 0.4) is 0 Å². The van der Waals surface area contributed by atoms with Gasteiger partial charge in [-0.3, -0.25) is 0 Å². The lowest BCUT2D eigenvalue weighted by atomic mass is 9.91. The SMILES string of the molecule is Cc1cc2[nH]c(OC(=O)O)cc2c(C)c1Oc1ccc(O)c(S(=O)(=O)CC2CCCCC2)c1. The summed E-state index contributed by atoms with van der Waals surface area (Å²) in [6, 6.07) is 7.59. The fourth-order valence-corrected chi connectivity index (χ4v) is 6.37. The third-order valence-corrected chi connectivity index (χ3v) is 8.06. The van der Waals surface area contributed by atoms with Gasteiger partial charge in [-0.2, -0.15) is 0 Å². The van der Waals surface area contributed by atoms with E-state index in [0.717, 1.165) is 48.6 Å². The molecule has 33 heavy (non-hydrogen) atoms. The Hall–Kier alpha value is -3.20. The molecule has 176 valence electrons. The van der Waals surface area contributed by atoms with Crippen LogP contribution in [0.4, 0.5) is 4.79 Å². The Bertz CT molecular complexity index is 1300. The number of nitrogens with one attached hydrogen (secondary N) is 1. The third kappa shape index (κ3) is 4.93. The first-order valence-corrected chi connectivity index (χ1v) is 12.6. The van der Waals surface area contributed by atoms with Crippen LogP contribution in [0.5, 0.6) is 23.1 Å². The molecular formula is C24H27NO7S. The van der Waals surface area contributed by atoms with Crippen molar-refractivity contribution in [1.29, 1.82) is 0 Å². The van der Waals surface area contributed by atoms with Crippen LogP contribution in [0, 0.1) is 19.8 Å². The number of ether oxygens (including phenoxy) is 2. The van der Waals surface area contributed by atoms with Crippen molar-refractivity contribution in [2.75, 3.05) is 5.75 Å². The number of sulfone groups is 1. The maximum absolute atomic E-state index is 13.0. The highest BCUT2D eigenvalue weighted by atomic mass is 32.2. The van der Waals surface area contributed by atoms with Crippen molar-refractivity contribution < 1.29 is 32.9 Å². The number of fused-ring (bicyclic) bond motifs is 1. The average molecular weight is 474 g/mol. The molecule has 1 aliphatic rings. The van der Waals surface area contributed by atoms with E-state index >= 15 is 0 Å². The average Bonchev–Trinajstić information content (AvgIpc) is 3.14. The number of hydrogen-bond acceptors (Lipinski definition) is 6. The molecule has 4 rings (SSSR count). The van der Waals surface area contributed by atoms with E-state index in [2.05, 4.69) is 4.98 Å². The summed E-state index contributed by atoms with van der Waals surface area (Å²) >= 11 is 0. The molecule has 9 heteroatoms. The Morgan fingerprint density at radius 3 is 2.55 bits per heavy atom. The Morgan fingerprint density at radius 2 is 1.85 bits per heavy atom. The van der Waals surface area contributed by atoms with Crippen LogP contribution in [0.2, 0.25) is 0 Å². The van der Waals surface area contributed by atoms with Crippen molar-refractivity contribution in [1.82, 2.24) is 4.98 Å². The van der Waals surface area contributed by atoms with Crippen LogP contribution in [0.1, 0.15) is 43.2 Å². The standard InChI is InChI=1S/C24H27NO7S/c1-14-10-19-18(12-22(25-19)32-24(27)28)15(2)23(14)31-17-8-9-20(26)21(11-17)33(29,30)13-16-6-4-3-5-7-16/h8-12,16,25-26H,3-7,13H2,1-2H3,(H,27,28). The summed E-state index contributed by atoms with van der Waals surface area (Å²) in [7, 11) is -3.68. The summed E-state index contributed by atoms with van der Waals surface area (Å²) in [4.78, 5) is 13.6. The number of hydrogen-bond donors (Lipinski definition) is 3. The second-order valence-corrected chi connectivity index (χ2v) is 10.6. The summed E-state index contributed by atoms with van der Waals surface area (Å²) in [6.45, 7) is 3.66. The van der Waals surface area contributed by atoms with Crippen molar-refractivity contribution in [3.05, 3.63) is 41.5 Å². The number of aromatic nitrogens is 1. The van der Waals surface area contributed by atoms with Crippen LogP contribution in [-0.2, 0) is 9.84 Å². The van der Waals surface area contributed by atoms with E-state index in [1.54, 1.807) is 12.1 Å². The van der Waals surface area contributed by atoms with Crippen molar-refractivity contribution in [3.8, 4) is 23.1 Å². The molecule has 0 bridgehead atoms. The van der Waals surface area contributed by atoms with E-state index in [4.69, 9.17) is 14.6 Å². The highest BCUT2D eigenvalue weighted by Crippen LogP contribution is 2.38. The molecule has 1 aliphatic carbocycles. The molecule has 2 aromatic carbocycles. The normalized spacial score (nSPS) is 15.0. The Kier molecular flexibility index (Phi) is 6.25. The lowest BCUT2D eigenvalue weighted by Crippen LogP contribution is -2.19. The smallest absolute Gasteiger partial charge is 0.507 e. The lowest BCUT2D eigenvalue weighted by Gasteiger charge is -2.21. The molecule has 0 atom stereocenters. The first kappa shape index (κ1) is 23.0. The van der Waals surface area contributed by atoms with Gasteiger partial charge in [0.15, 0.2) is 9.84 Å². The van der Waals surface area contributed by atoms with Crippen LogP contribution < -0.4 is 9.47 Å². The van der Waals surface area contributed by atoms with Crippen molar-refractivity contribution in [2.24, 2.45) is 5.92 Å². The summed E-state index contributed by atoms with van der Waals surface area (Å²) in [6.07, 6.45) is 3.57. The summed E-state index contributed by atoms with van der Waals surface area (Å²) < 4.78 is 36.9. The van der Waals surface area contributed by atoms with Gasteiger partial charge in [0.1, 0.15) is 22.1 Å². The zero-order valence-corrected chi connectivity index (χ0v) is 19.4. The number of carboxylic acid groups (broad SMARTS) is 1. The number of aromatic amines is 1. The molecule has 0 aliphatic heterocycles. The van der Waals surface area contributed by atoms with E-state index < -0.39 is 16.0 Å². The van der Waals surface area contributed by atoms with Gasteiger partial charge in [-0.25, -0.2) is 13.2 Å². The molecule has 1 fully saturated rings. The minimum atomic E-state index is -3.68. The summed E-state index contributed by atoms with van der Waals surface area (Å²) in [5.74, 6) is 0.739. The van der Waals surface area contributed by atoms with Crippen LogP contribution in [-0.4, -0.2) is 35.5 Å². The zero-order valence-electron chi connectivity index (χ0n) is 18.6. The number of phenols is 1. The zero-order chi connectivity index (χ0) is 23.8. The Balaban J connectivity index is 1.65. The second kappa shape index (κ2) is 8.97. The molecule has 1 aromatic heterocycles. The van der Waals surface area contributed by atoms with Gasteiger partial charge in [-0.1, -0.05) is 19.3 Å². The molecule has 0 radical (unpaired) electrons. The molecule has 1 saturated carbocycles. The number of aryl methyl sites for hydroxylation is 2. The number of benzene rings is 2. The molecule has 0 saturated heterocycles. The van der Waals surface area contributed by atoms with Crippen LogP contribution >= 0.6 is 0 Å². The van der Waals surface area contributed by atoms with Gasteiger partial charge in [-0.05, 0) is 56.4 Å². The van der Waals surface area contributed by atoms with Gasteiger partial charge in [0.2, 0.25) is 5.88 Å². The number of phenolic OH excluding ortho intramolecular Hbond substituents is 1. The van der Waals surface area contributed by atoms with Crippen LogP contribution in [0.25, 0.3) is 10.9 Å².